The van der Waals surface area contributed by atoms with Crippen molar-refractivity contribution in [2.75, 3.05) is 0 Å². The summed E-state index contributed by atoms with van der Waals surface area (Å²) in [6.45, 7) is 1.77. The van der Waals surface area contributed by atoms with Gasteiger partial charge in [-0.25, -0.2) is 0 Å². The van der Waals surface area contributed by atoms with Crippen molar-refractivity contribution in [1.82, 2.24) is 10.3 Å². The van der Waals surface area contributed by atoms with Crippen LogP contribution in [0.3, 0.4) is 0 Å². The Morgan fingerprint density at radius 2 is 1.92 bits per heavy atom. The molecule has 4 nitrogen and oxygen atoms in total. The number of aromatic nitrogens is 1. The number of benzene rings is 1. The molecule has 2 aromatic rings. The van der Waals surface area contributed by atoms with Crippen LogP contribution >= 0.6 is 0 Å². The van der Waals surface area contributed by atoms with Crippen LogP contribution in [0.25, 0.3) is 0 Å². The third-order valence-electron chi connectivity index (χ3n) is 3.64. The Kier molecular flexibility index (Phi) is 5.56. The molecule has 1 heterocycles. The highest BCUT2D eigenvalue weighted by Gasteiger charge is 2.30. The van der Waals surface area contributed by atoms with E-state index in [4.69, 9.17) is 0 Å². The predicted molar refractivity (Wildman–Crippen MR) is 82.2 cm³/mol. The highest BCUT2D eigenvalue weighted by molar-refractivity contribution is 5.94. The van der Waals surface area contributed by atoms with Crippen LogP contribution in [0, 0.1) is 0 Å². The third kappa shape index (κ3) is 4.32. The molecule has 24 heavy (non-hydrogen) atoms. The second kappa shape index (κ2) is 7.44. The van der Waals surface area contributed by atoms with Crippen LogP contribution in [0.5, 0.6) is 0 Å². The molecule has 0 aliphatic rings. The monoisotopic (exact) mass is 338 g/mol. The maximum absolute atomic E-state index is 12.6. The molecule has 1 aromatic heterocycles. The van der Waals surface area contributed by atoms with Crippen molar-refractivity contribution in [3.63, 3.8) is 0 Å². The van der Waals surface area contributed by atoms with Crippen molar-refractivity contribution in [3.05, 3.63) is 65.5 Å². The van der Waals surface area contributed by atoms with Crippen molar-refractivity contribution in [2.24, 2.45) is 0 Å². The van der Waals surface area contributed by atoms with Gasteiger partial charge in [0.1, 0.15) is 0 Å². The number of nitrogens with zero attached hydrogens (tertiary/aromatic N) is 1. The third-order valence-corrected chi connectivity index (χ3v) is 3.64. The first-order chi connectivity index (χ1) is 11.3. The van der Waals surface area contributed by atoms with E-state index in [1.54, 1.807) is 19.1 Å². The average Bonchev–Trinajstić information content (AvgIpc) is 2.59. The molecule has 2 rings (SSSR count). The second-order valence-corrected chi connectivity index (χ2v) is 5.29. The maximum atomic E-state index is 12.6. The van der Waals surface area contributed by atoms with Crippen molar-refractivity contribution < 1.29 is 23.1 Å². The van der Waals surface area contributed by atoms with Gasteiger partial charge in [0.2, 0.25) is 0 Å². The van der Waals surface area contributed by atoms with E-state index in [-0.39, 0.29) is 0 Å². The lowest BCUT2D eigenvalue weighted by Gasteiger charge is -2.23. The Labute approximate surface area is 137 Å². The van der Waals surface area contributed by atoms with Crippen LogP contribution in [0.15, 0.2) is 48.8 Å². The van der Waals surface area contributed by atoms with Crippen LogP contribution in [0.4, 0.5) is 13.2 Å². The summed E-state index contributed by atoms with van der Waals surface area (Å²) in [7, 11) is 0. The number of rotatable bonds is 5. The molecule has 2 N–H and O–H groups in total. The van der Waals surface area contributed by atoms with E-state index < -0.39 is 29.8 Å². The van der Waals surface area contributed by atoms with Gasteiger partial charge in [0.05, 0.1) is 23.3 Å². The first kappa shape index (κ1) is 17.9. The number of nitrogens with one attached hydrogen (secondary N) is 1. The van der Waals surface area contributed by atoms with Crippen molar-refractivity contribution in [1.29, 1.82) is 0 Å². The largest absolute Gasteiger partial charge is 0.416 e. The summed E-state index contributed by atoms with van der Waals surface area (Å²) in [6, 6.07) is 6.82. The van der Waals surface area contributed by atoms with Gasteiger partial charge in [0.25, 0.3) is 5.91 Å². The first-order valence-corrected chi connectivity index (χ1v) is 7.39. The van der Waals surface area contributed by atoms with Gasteiger partial charge < -0.3 is 10.4 Å². The molecule has 0 saturated carbocycles. The van der Waals surface area contributed by atoms with E-state index in [2.05, 4.69) is 10.3 Å². The molecule has 0 spiro atoms. The smallest absolute Gasteiger partial charge is 0.386 e. The number of hydrogen-bond acceptors (Lipinski definition) is 3. The number of pyridine rings is 1. The van der Waals surface area contributed by atoms with Gasteiger partial charge in [-0.15, -0.1) is 0 Å². The number of hydrogen-bond donors (Lipinski definition) is 2. The lowest BCUT2D eigenvalue weighted by molar-refractivity contribution is -0.137. The number of carbonyl (C=O) groups excluding carboxylic acids is 1. The average molecular weight is 338 g/mol. The molecule has 1 amide bonds. The Morgan fingerprint density at radius 3 is 2.42 bits per heavy atom. The summed E-state index contributed by atoms with van der Waals surface area (Å²) >= 11 is 0. The number of carbonyl (C=O) groups is 1. The van der Waals surface area contributed by atoms with Crippen molar-refractivity contribution >= 4 is 5.91 Å². The first-order valence-electron chi connectivity index (χ1n) is 7.39. The maximum Gasteiger partial charge on any atom is 0.416 e. The van der Waals surface area contributed by atoms with Gasteiger partial charge in [-0.05, 0) is 36.2 Å². The van der Waals surface area contributed by atoms with E-state index >= 15 is 0 Å². The topological polar surface area (TPSA) is 62.2 Å². The fourth-order valence-corrected chi connectivity index (χ4v) is 2.25. The van der Waals surface area contributed by atoms with Gasteiger partial charge in [-0.1, -0.05) is 19.1 Å². The Hall–Kier alpha value is -2.41. The zero-order chi connectivity index (χ0) is 17.7. The van der Waals surface area contributed by atoms with Crippen molar-refractivity contribution in [2.45, 2.75) is 31.7 Å². The van der Waals surface area contributed by atoms with E-state index in [0.29, 0.717) is 17.5 Å². The Balaban J connectivity index is 2.11. The highest BCUT2D eigenvalue weighted by atomic mass is 19.4. The fourth-order valence-electron chi connectivity index (χ4n) is 2.25. The summed E-state index contributed by atoms with van der Waals surface area (Å²) < 4.78 is 37.7. The molecule has 1 aromatic carbocycles. The molecule has 0 aliphatic heterocycles. The molecular formula is C17H17F3N2O2. The second-order valence-electron chi connectivity index (χ2n) is 5.29. The van der Waals surface area contributed by atoms with Gasteiger partial charge in [-0.2, -0.15) is 13.2 Å². The number of aliphatic hydroxyl groups excluding tert-OH is 1. The lowest BCUT2D eigenvalue weighted by Crippen LogP contribution is -2.39. The summed E-state index contributed by atoms with van der Waals surface area (Å²) in [5.41, 5.74) is -0.136. The van der Waals surface area contributed by atoms with E-state index in [1.807, 2.05) is 0 Å². The summed E-state index contributed by atoms with van der Waals surface area (Å²) in [4.78, 5) is 16.0. The molecule has 0 fully saturated rings. The molecule has 0 radical (unpaired) electrons. The van der Waals surface area contributed by atoms with Crippen LogP contribution in [-0.4, -0.2) is 22.0 Å². The Morgan fingerprint density at radius 1 is 1.25 bits per heavy atom. The Bertz CT molecular complexity index is 672. The summed E-state index contributed by atoms with van der Waals surface area (Å²) in [6.07, 6.45) is -2.20. The minimum atomic E-state index is -4.43. The minimum Gasteiger partial charge on any atom is -0.386 e. The molecule has 7 heteroatoms. The molecule has 0 bridgehead atoms. The summed E-state index contributed by atoms with van der Waals surface area (Å²) in [5, 5.41) is 13.0. The quantitative estimate of drug-likeness (QED) is 0.879. The summed E-state index contributed by atoms with van der Waals surface area (Å²) in [5.74, 6) is -0.402. The predicted octanol–water partition coefficient (Wildman–Crippen LogP) is 3.34. The molecule has 2 atom stereocenters. The van der Waals surface area contributed by atoms with Gasteiger partial charge in [0.15, 0.2) is 0 Å². The molecule has 0 aliphatic carbocycles. The van der Waals surface area contributed by atoms with Crippen LogP contribution in [0.1, 0.15) is 40.9 Å². The van der Waals surface area contributed by atoms with Crippen molar-refractivity contribution in [3.8, 4) is 0 Å². The van der Waals surface area contributed by atoms with Crippen LogP contribution in [-0.2, 0) is 6.18 Å². The van der Waals surface area contributed by atoms with Crippen LogP contribution in [0.2, 0.25) is 0 Å². The number of alkyl halides is 3. The van der Waals surface area contributed by atoms with Gasteiger partial charge in [-0.3, -0.25) is 9.78 Å². The zero-order valence-corrected chi connectivity index (χ0v) is 12.9. The molecule has 0 unspecified atom stereocenters. The van der Waals surface area contributed by atoms with E-state index in [9.17, 15) is 23.1 Å². The lowest BCUT2D eigenvalue weighted by atomic mass is 9.98. The number of aliphatic hydroxyl groups is 1. The SMILES string of the molecule is CC[C@H](NC(=O)c1cccnc1)[C@@H](O)c1ccc(C(F)(F)F)cc1. The highest BCUT2D eigenvalue weighted by Crippen LogP contribution is 2.30. The van der Waals surface area contributed by atoms with Crippen LogP contribution < -0.4 is 5.32 Å². The molecular weight excluding hydrogens is 321 g/mol. The zero-order valence-electron chi connectivity index (χ0n) is 12.9. The normalized spacial score (nSPS) is 14.0. The minimum absolute atomic E-state index is 0.307. The van der Waals surface area contributed by atoms with Gasteiger partial charge in [0, 0.05) is 12.4 Å². The number of amides is 1. The van der Waals surface area contributed by atoms with E-state index in [0.717, 1.165) is 12.1 Å². The number of halogens is 3. The fraction of sp³-hybridized carbons (Fsp3) is 0.294. The van der Waals surface area contributed by atoms with Gasteiger partial charge >= 0.3 is 6.18 Å². The van der Waals surface area contributed by atoms with E-state index in [1.165, 1.54) is 24.5 Å². The molecule has 128 valence electrons. The standard InChI is InChI=1S/C17H17F3N2O2/c1-2-14(22-16(24)12-4-3-9-21-10-12)15(23)11-5-7-13(8-6-11)17(18,19)20/h3-10,14-15,23H,2H2,1H3,(H,22,24)/t14-,15-/m0/s1. The molecule has 0 saturated heterocycles.